The minimum Gasteiger partial charge on any atom is -0.494 e. The van der Waals surface area contributed by atoms with Crippen LogP contribution in [0.5, 0.6) is 5.75 Å². The number of halogens is 1. The summed E-state index contributed by atoms with van der Waals surface area (Å²) in [6, 6.07) is 12.1. The molecule has 8 heteroatoms. The van der Waals surface area contributed by atoms with E-state index in [1.807, 2.05) is 30.0 Å². The molecule has 2 N–H and O–H groups in total. The van der Waals surface area contributed by atoms with Crippen LogP contribution in [0.25, 0.3) is 22.3 Å². The number of aryl methyl sites for hydroxylation is 1. The maximum Gasteiger partial charge on any atom is 0.270 e. The van der Waals surface area contributed by atoms with Crippen molar-refractivity contribution in [1.82, 2.24) is 25.1 Å². The molecule has 0 unspecified atom stereocenters. The zero-order valence-corrected chi connectivity index (χ0v) is 16.8. The van der Waals surface area contributed by atoms with Gasteiger partial charge in [0.05, 0.1) is 19.0 Å². The summed E-state index contributed by atoms with van der Waals surface area (Å²) in [6.45, 7) is 3.66. The van der Waals surface area contributed by atoms with Crippen LogP contribution in [0.3, 0.4) is 0 Å². The van der Waals surface area contributed by atoms with Gasteiger partial charge in [-0.2, -0.15) is 5.10 Å². The van der Waals surface area contributed by atoms with Crippen LogP contribution in [0, 0.1) is 12.7 Å². The van der Waals surface area contributed by atoms with Crippen molar-refractivity contribution in [3.63, 3.8) is 0 Å². The maximum absolute atomic E-state index is 12.5. The van der Waals surface area contributed by atoms with Crippen LogP contribution in [-0.4, -0.2) is 51.2 Å². The lowest BCUT2D eigenvalue weighted by molar-refractivity contribution is 0.0646. The average molecular weight is 407 g/mol. The Bertz CT molecular complexity index is 1180. The number of hydrogen-bond donors (Lipinski definition) is 2. The number of rotatable bonds is 3. The predicted molar refractivity (Wildman–Crippen MR) is 112 cm³/mol. The highest BCUT2D eigenvalue weighted by Crippen LogP contribution is 2.23. The standard InChI is InChI=1S/C15H15N5O.C7H7FO/c1-9-11(8-16-19-9)12-4-3-10-7-13(18-14(10)17-12)15(21)20-5-2-6-20;1-9-7-5-3-2-4-6(7)8/h3-4,7-8H,2,5-6H2,1H3,(H,16,19)(H,17,18);2-5H,1H3. The normalized spacial score (nSPS) is 12.8. The molecule has 1 saturated heterocycles. The quantitative estimate of drug-likeness (QED) is 0.539. The van der Waals surface area contributed by atoms with Crippen LogP contribution in [-0.2, 0) is 0 Å². The van der Waals surface area contributed by atoms with E-state index < -0.39 is 0 Å². The first-order chi connectivity index (χ1) is 14.6. The molecule has 4 heterocycles. The molecule has 4 aromatic rings. The van der Waals surface area contributed by atoms with Gasteiger partial charge in [-0.15, -0.1) is 0 Å². The molecular formula is C22H22FN5O2. The van der Waals surface area contributed by atoms with Crippen molar-refractivity contribution in [1.29, 1.82) is 0 Å². The van der Waals surface area contributed by atoms with Gasteiger partial charge in [0, 0.05) is 29.7 Å². The molecule has 0 aliphatic carbocycles. The number of hydrogen-bond acceptors (Lipinski definition) is 4. The Morgan fingerprint density at radius 3 is 2.60 bits per heavy atom. The molecule has 1 aromatic carbocycles. The summed E-state index contributed by atoms with van der Waals surface area (Å²) in [5, 5.41) is 7.87. The van der Waals surface area contributed by atoms with Crippen molar-refractivity contribution in [2.24, 2.45) is 0 Å². The zero-order valence-electron chi connectivity index (χ0n) is 16.8. The second-order valence-corrected chi connectivity index (χ2v) is 7.01. The molecule has 0 radical (unpaired) electrons. The highest BCUT2D eigenvalue weighted by Gasteiger charge is 2.23. The molecule has 0 spiro atoms. The van der Waals surface area contributed by atoms with E-state index in [-0.39, 0.29) is 17.5 Å². The molecular weight excluding hydrogens is 385 g/mol. The molecule has 0 bridgehead atoms. The number of likely N-dealkylation sites (tertiary alicyclic amines) is 1. The van der Waals surface area contributed by atoms with Crippen molar-refractivity contribution < 1.29 is 13.9 Å². The van der Waals surface area contributed by atoms with Crippen molar-refractivity contribution in [2.75, 3.05) is 20.2 Å². The lowest BCUT2D eigenvalue weighted by atomic mass is 10.1. The van der Waals surface area contributed by atoms with Gasteiger partial charge in [-0.3, -0.25) is 9.89 Å². The largest absolute Gasteiger partial charge is 0.494 e. The number of para-hydroxylation sites is 1. The fourth-order valence-electron chi connectivity index (χ4n) is 3.18. The van der Waals surface area contributed by atoms with Crippen molar-refractivity contribution >= 4 is 16.9 Å². The van der Waals surface area contributed by atoms with E-state index in [1.54, 1.807) is 24.4 Å². The first-order valence-electron chi connectivity index (χ1n) is 9.64. The lowest BCUT2D eigenvalue weighted by Gasteiger charge is -2.30. The summed E-state index contributed by atoms with van der Waals surface area (Å²) in [6.07, 6.45) is 2.85. The highest BCUT2D eigenvalue weighted by atomic mass is 19.1. The molecule has 5 rings (SSSR count). The van der Waals surface area contributed by atoms with Crippen LogP contribution >= 0.6 is 0 Å². The third kappa shape index (κ3) is 3.89. The molecule has 30 heavy (non-hydrogen) atoms. The number of ether oxygens (including phenoxy) is 1. The SMILES string of the molecule is COc1ccccc1F.Cc1[nH]ncc1-c1ccc2cc(C(=O)N3CCC3)[nH]c2n1. The molecule has 3 aromatic heterocycles. The number of pyridine rings is 1. The van der Waals surface area contributed by atoms with Gasteiger partial charge in [0.15, 0.2) is 11.6 Å². The smallest absolute Gasteiger partial charge is 0.270 e. The third-order valence-corrected chi connectivity index (χ3v) is 5.02. The summed E-state index contributed by atoms with van der Waals surface area (Å²) in [5.74, 6) is 0.0257. The zero-order chi connectivity index (χ0) is 21.1. The van der Waals surface area contributed by atoms with E-state index in [2.05, 4.69) is 24.9 Å². The molecule has 1 aliphatic heterocycles. The van der Waals surface area contributed by atoms with Gasteiger partial charge in [0.25, 0.3) is 5.91 Å². The number of nitrogens with zero attached hydrogens (tertiary/aromatic N) is 3. The fourth-order valence-corrected chi connectivity index (χ4v) is 3.18. The summed E-state index contributed by atoms with van der Waals surface area (Å²) in [4.78, 5) is 21.8. The number of amides is 1. The van der Waals surface area contributed by atoms with E-state index in [4.69, 9.17) is 0 Å². The number of fused-ring (bicyclic) bond motifs is 1. The van der Waals surface area contributed by atoms with Gasteiger partial charge in [-0.05, 0) is 43.7 Å². The van der Waals surface area contributed by atoms with Crippen molar-refractivity contribution in [3.8, 4) is 17.0 Å². The minimum atomic E-state index is -0.319. The van der Waals surface area contributed by atoms with E-state index in [1.165, 1.54) is 13.2 Å². The van der Waals surface area contributed by atoms with Crippen LogP contribution in [0.4, 0.5) is 4.39 Å². The highest BCUT2D eigenvalue weighted by molar-refractivity contribution is 5.97. The summed E-state index contributed by atoms with van der Waals surface area (Å²) < 4.78 is 17.1. The van der Waals surface area contributed by atoms with Crippen LogP contribution in [0.1, 0.15) is 22.6 Å². The van der Waals surface area contributed by atoms with E-state index in [0.717, 1.165) is 47.5 Å². The van der Waals surface area contributed by atoms with Gasteiger partial charge >= 0.3 is 0 Å². The number of H-pyrrole nitrogens is 2. The van der Waals surface area contributed by atoms with Gasteiger partial charge in [0.1, 0.15) is 11.3 Å². The number of aromatic amines is 2. The molecule has 1 aliphatic rings. The van der Waals surface area contributed by atoms with Gasteiger partial charge in [-0.25, -0.2) is 9.37 Å². The second kappa shape index (κ2) is 8.36. The second-order valence-electron chi connectivity index (χ2n) is 7.01. The van der Waals surface area contributed by atoms with Gasteiger partial charge in [0.2, 0.25) is 0 Å². The van der Waals surface area contributed by atoms with Crippen molar-refractivity contribution in [3.05, 3.63) is 65.9 Å². The Kier molecular flexibility index (Phi) is 5.47. The Hall–Kier alpha value is -3.68. The molecule has 7 nitrogen and oxygen atoms in total. The van der Waals surface area contributed by atoms with E-state index in [9.17, 15) is 9.18 Å². The number of nitrogens with one attached hydrogen (secondary N) is 2. The third-order valence-electron chi connectivity index (χ3n) is 5.02. The minimum absolute atomic E-state index is 0.0558. The Labute approximate surface area is 172 Å². The monoisotopic (exact) mass is 407 g/mol. The van der Waals surface area contributed by atoms with Crippen LogP contribution in [0.15, 0.2) is 48.7 Å². The predicted octanol–water partition coefficient (Wildman–Crippen LogP) is 3.94. The molecule has 1 fully saturated rings. The van der Waals surface area contributed by atoms with Crippen LogP contribution < -0.4 is 4.74 Å². The fraction of sp³-hybridized carbons (Fsp3) is 0.227. The molecule has 0 atom stereocenters. The Balaban J connectivity index is 0.000000204. The lowest BCUT2D eigenvalue weighted by Crippen LogP contribution is -2.42. The average Bonchev–Trinajstić information content (AvgIpc) is 3.33. The molecule has 1 amide bonds. The Morgan fingerprint density at radius 2 is 2.00 bits per heavy atom. The number of benzene rings is 1. The van der Waals surface area contributed by atoms with E-state index in [0.29, 0.717) is 5.69 Å². The Morgan fingerprint density at radius 1 is 1.20 bits per heavy atom. The number of methoxy groups -OCH3 is 1. The summed E-state index contributed by atoms with van der Waals surface area (Å²) >= 11 is 0. The van der Waals surface area contributed by atoms with Crippen LogP contribution in [0.2, 0.25) is 0 Å². The topological polar surface area (TPSA) is 86.9 Å². The number of carbonyl (C=O) groups excluding carboxylic acids is 1. The number of carbonyl (C=O) groups is 1. The molecule has 0 saturated carbocycles. The summed E-state index contributed by atoms with van der Waals surface area (Å²) in [7, 11) is 1.44. The van der Waals surface area contributed by atoms with E-state index >= 15 is 0 Å². The maximum atomic E-state index is 12.5. The summed E-state index contributed by atoms with van der Waals surface area (Å²) in [5.41, 5.74) is 4.14. The first-order valence-corrected chi connectivity index (χ1v) is 9.64. The number of aromatic nitrogens is 4. The first kappa shape index (κ1) is 19.6. The van der Waals surface area contributed by atoms with Gasteiger partial charge < -0.3 is 14.6 Å². The van der Waals surface area contributed by atoms with Gasteiger partial charge in [-0.1, -0.05) is 12.1 Å². The van der Waals surface area contributed by atoms with Crippen molar-refractivity contribution in [2.45, 2.75) is 13.3 Å². The molecule has 154 valence electrons.